The lowest BCUT2D eigenvalue weighted by molar-refractivity contribution is -0.122. The van der Waals surface area contributed by atoms with Crippen molar-refractivity contribution in [2.45, 2.75) is 37.3 Å². The summed E-state index contributed by atoms with van der Waals surface area (Å²) in [5.41, 5.74) is 2.51. The van der Waals surface area contributed by atoms with E-state index in [2.05, 4.69) is 35.7 Å². The Bertz CT molecular complexity index is 483. The summed E-state index contributed by atoms with van der Waals surface area (Å²) in [6.07, 6.45) is 4.41. The number of carbonyl (C=O) groups is 1. The molecule has 2 N–H and O–H groups in total. The Morgan fingerprint density at radius 1 is 1.40 bits per heavy atom. The molecular formula is C16H23N3O. The highest BCUT2D eigenvalue weighted by atomic mass is 16.2. The van der Waals surface area contributed by atoms with Crippen LogP contribution in [-0.4, -0.2) is 43.0 Å². The summed E-state index contributed by atoms with van der Waals surface area (Å²) in [7, 11) is 4.21. The van der Waals surface area contributed by atoms with Gasteiger partial charge in [-0.15, -0.1) is 0 Å². The minimum absolute atomic E-state index is 0.119. The number of hydrogen-bond acceptors (Lipinski definition) is 3. The highest BCUT2D eigenvalue weighted by Gasteiger charge is 2.39. The summed E-state index contributed by atoms with van der Waals surface area (Å²) < 4.78 is 0. The highest BCUT2D eigenvalue weighted by molar-refractivity contribution is 5.87. The summed E-state index contributed by atoms with van der Waals surface area (Å²) in [6, 6.07) is 8.03. The molecule has 4 nitrogen and oxygen atoms in total. The predicted molar refractivity (Wildman–Crippen MR) is 80.8 cm³/mol. The summed E-state index contributed by atoms with van der Waals surface area (Å²) in [5, 5.41) is 6.45. The van der Waals surface area contributed by atoms with Crippen LogP contribution in [0, 0.1) is 0 Å². The van der Waals surface area contributed by atoms with E-state index in [1.54, 1.807) is 0 Å². The van der Waals surface area contributed by atoms with Crippen LogP contribution in [0.4, 0.5) is 5.69 Å². The second-order valence-corrected chi connectivity index (χ2v) is 6.25. The molecular weight excluding hydrogens is 250 g/mol. The fraction of sp³-hybridized carbons (Fsp3) is 0.562. The third-order valence-electron chi connectivity index (χ3n) is 4.91. The van der Waals surface area contributed by atoms with Gasteiger partial charge in [-0.1, -0.05) is 18.2 Å². The molecule has 1 aromatic carbocycles. The molecule has 0 aromatic heterocycles. The Hall–Kier alpha value is -1.55. The average Bonchev–Trinajstić information content (AvgIpc) is 2.80. The SMILES string of the molecule is CN(C)C1(CNC(=O)C2Cc3ccccc3N2)CCC1. The fourth-order valence-electron chi connectivity index (χ4n) is 3.20. The monoisotopic (exact) mass is 273 g/mol. The molecule has 3 rings (SSSR count). The first-order valence-corrected chi connectivity index (χ1v) is 7.40. The van der Waals surface area contributed by atoms with Gasteiger partial charge < -0.3 is 15.5 Å². The molecule has 20 heavy (non-hydrogen) atoms. The quantitative estimate of drug-likeness (QED) is 0.876. The molecule has 1 fully saturated rings. The van der Waals surface area contributed by atoms with E-state index in [9.17, 15) is 4.79 Å². The first-order chi connectivity index (χ1) is 9.61. The average molecular weight is 273 g/mol. The van der Waals surface area contributed by atoms with E-state index in [0.29, 0.717) is 0 Å². The maximum atomic E-state index is 12.3. The molecule has 1 atom stereocenters. The maximum Gasteiger partial charge on any atom is 0.242 e. The zero-order valence-corrected chi connectivity index (χ0v) is 12.3. The molecule has 1 aromatic rings. The van der Waals surface area contributed by atoms with Crippen LogP contribution in [0.15, 0.2) is 24.3 Å². The number of nitrogens with one attached hydrogen (secondary N) is 2. The van der Waals surface area contributed by atoms with Gasteiger partial charge in [-0.25, -0.2) is 0 Å². The highest BCUT2D eigenvalue weighted by Crippen LogP contribution is 2.35. The molecule has 2 aliphatic rings. The summed E-state index contributed by atoms with van der Waals surface area (Å²) in [5.74, 6) is 0.120. The first-order valence-electron chi connectivity index (χ1n) is 7.40. The molecule has 1 unspecified atom stereocenters. The zero-order valence-electron chi connectivity index (χ0n) is 12.3. The second-order valence-electron chi connectivity index (χ2n) is 6.25. The summed E-state index contributed by atoms with van der Waals surface area (Å²) in [4.78, 5) is 14.6. The Labute approximate surface area is 120 Å². The van der Waals surface area contributed by atoms with Gasteiger partial charge in [-0.2, -0.15) is 0 Å². The number of likely N-dealkylation sites (N-methyl/N-ethyl adjacent to an activating group) is 1. The van der Waals surface area contributed by atoms with Gasteiger partial charge in [0.2, 0.25) is 5.91 Å². The molecule has 108 valence electrons. The zero-order chi connectivity index (χ0) is 14.2. The second kappa shape index (κ2) is 5.09. The van der Waals surface area contributed by atoms with E-state index < -0.39 is 0 Å². The number of amides is 1. The molecule has 0 saturated heterocycles. The third kappa shape index (κ3) is 2.29. The molecule has 4 heteroatoms. The number of rotatable bonds is 4. The number of nitrogens with zero attached hydrogens (tertiary/aromatic N) is 1. The van der Waals surface area contributed by atoms with Crippen LogP contribution in [0.5, 0.6) is 0 Å². The van der Waals surface area contributed by atoms with Gasteiger partial charge in [-0.05, 0) is 45.0 Å². The molecule has 1 amide bonds. The first kappa shape index (κ1) is 13.4. The predicted octanol–water partition coefficient (Wildman–Crippen LogP) is 1.62. The largest absolute Gasteiger partial charge is 0.373 e. The standard InChI is InChI=1S/C16H23N3O/c1-19(2)16(8-5-9-16)11-17-15(20)14-10-12-6-3-4-7-13(12)18-14/h3-4,6-7,14,18H,5,8-11H2,1-2H3,(H,17,20). The number of anilines is 1. The van der Waals surface area contributed by atoms with E-state index in [1.165, 1.54) is 24.8 Å². The van der Waals surface area contributed by atoms with Gasteiger partial charge in [0.25, 0.3) is 0 Å². The fourth-order valence-corrected chi connectivity index (χ4v) is 3.20. The Morgan fingerprint density at radius 2 is 2.15 bits per heavy atom. The minimum Gasteiger partial charge on any atom is -0.373 e. The third-order valence-corrected chi connectivity index (χ3v) is 4.91. The van der Waals surface area contributed by atoms with Crippen LogP contribution >= 0.6 is 0 Å². The van der Waals surface area contributed by atoms with Gasteiger partial charge in [0, 0.05) is 24.2 Å². The number of fused-ring (bicyclic) bond motifs is 1. The van der Waals surface area contributed by atoms with Crippen molar-refractivity contribution >= 4 is 11.6 Å². The lowest BCUT2D eigenvalue weighted by atomic mass is 9.75. The van der Waals surface area contributed by atoms with Crippen molar-refractivity contribution in [1.82, 2.24) is 10.2 Å². The number of benzene rings is 1. The van der Waals surface area contributed by atoms with E-state index in [1.807, 2.05) is 18.2 Å². The van der Waals surface area contributed by atoms with E-state index >= 15 is 0 Å². The van der Waals surface area contributed by atoms with Crippen LogP contribution in [0.2, 0.25) is 0 Å². The van der Waals surface area contributed by atoms with Crippen molar-refractivity contribution < 1.29 is 4.79 Å². The maximum absolute atomic E-state index is 12.3. The van der Waals surface area contributed by atoms with Crippen molar-refractivity contribution in [3.63, 3.8) is 0 Å². The molecule has 1 aliphatic heterocycles. The van der Waals surface area contributed by atoms with Crippen LogP contribution in [-0.2, 0) is 11.2 Å². The van der Waals surface area contributed by atoms with Crippen molar-refractivity contribution in [3.8, 4) is 0 Å². The molecule has 0 spiro atoms. The van der Waals surface area contributed by atoms with Crippen molar-refractivity contribution in [1.29, 1.82) is 0 Å². The topological polar surface area (TPSA) is 44.4 Å². The minimum atomic E-state index is -0.119. The van der Waals surface area contributed by atoms with Crippen LogP contribution in [0.1, 0.15) is 24.8 Å². The number of para-hydroxylation sites is 1. The smallest absolute Gasteiger partial charge is 0.242 e. The summed E-state index contributed by atoms with van der Waals surface area (Å²) in [6.45, 7) is 0.757. The van der Waals surface area contributed by atoms with E-state index in [0.717, 1.165) is 18.7 Å². The Balaban J connectivity index is 1.56. The van der Waals surface area contributed by atoms with Crippen LogP contribution < -0.4 is 10.6 Å². The van der Waals surface area contributed by atoms with Gasteiger partial charge in [-0.3, -0.25) is 4.79 Å². The molecule has 1 heterocycles. The van der Waals surface area contributed by atoms with Gasteiger partial charge >= 0.3 is 0 Å². The van der Waals surface area contributed by atoms with E-state index in [4.69, 9.17) is 0 Å². The van der Waals surface area contributed by atoms with Crippen molar-refractivity contribution in [2.75, 3.05) is 26.0 Å². The Kier molecular flexibility index (Phi) is 3.42. The molecule has 0 bridgehead atoms. The molecule has 1 aliphatic carbocycles. The summed E-state index contributed by atoms with van der Waals surface area (Å²) >= 11 is 0. The molecule has 1 saturated carbocycles. The normalized spacial score (nSPS) is 22.9. The Morgan fingerprint density at radius 3 is 2.75 bits per heavy atom. The molecule has 0 radical (unpaired) electrons. The van der Waals surface area contributed by atoms with Crippen molar-refractivity contribution in [3.05, 3.63) is 29.8 Å². The number of hydrogen-bond donors (Lipinski definition) is 2. The van der Waals surface area contributed by atoms with E-state index in [-0.39, 0.29) is 17.5 Å². The van der Waals surface area contributed by atoms with Gasteiger partial charge in [0.1, 0.15) is 6.04 Å². The number of carbonyl (C=O) groups excluding carboxylic acids is 1. The van der Waals surface area contributed by atoms with Gasteiger partial charge in [0.05, 0.1) is 0 Å². The lowest BCUT2D eigenvalue weighted by Crippen LogP contribution is -2.58. The van der Waals surface area contributed by atoms with Crippen LogP contribution in [0.3, 0.4) is 0 Å². The lowest BCUT2D eigenvalue weighted by Gasteiger charge is -2.47. The van der Waals surface area contributed by atoms with Gasteiger partial charge in [0.15, 0.2) is 0 Å². The van der Waals surface area contributed by atoms with Crippen molar-refractivity contribution in [2.24, 2.45) is 0 Å². The van der Waals surface area contributed by atoms with Crippen LogP contribution in [0.25, 0.3) is 0 Å².